The molecule has 0 aromatic rings. The smallest absolute Gasteiger partial charge is 0.326 e. The molecular weight excluding hydrogens is 290 g/mol. The van der Waals surface area contributed by atoms with Gasteiger partial charge in [-0.3, -0.25) is 4.79 Å². The van der Waals surface area contributed by atoms with Gasteiger partial charge < -0.3 is 10.4 Å². The van der Waals surface area contributed by atoms with Gasteiger partial charge >= 0.3 is 5.97 Å². The SMILES string of the molecule is CC(=O)NC(CCSCCS(=O)(=O)C(C)C)C(=O)O. The first-order valence-corrected chi connectivity index (χ1v) is 8.83. The number of hydrogen-bond donors (Lipinski definition) is 2. The number of carbonyl (C=O) groups is 2. The topological polar surface area (TPSA) is 101 Å². The van der Waals surface area contributed by atoms with E-state index in [9.17, 15) is 18.0 Å². The Bertz CT molecular complexity index is 405. The van der Waals surface area contributed by atoms with E-state index in [2.05, 4.69) is 5.32 Å². The van der Waals surface area contributed by atoms with Gasteiger partial charge in [0, 0.05) is 12.7 Å². The standard InChI is InChI=1S/C11H21NO5S2/c1-8(2)19(16,17)7-6-18-5-4-10(11(14)15)12-9(3)13/h8,10H,4-7H2,1-3H3,(H,12,13)(H,14,15). The van der Waals surface area contributed by atoms with Gasteiger partial charge in [0.25, 0.3) is 0 Å². The first kappa shape index (κ1) is 18.2. The predicted molar refractivity (Wildman–Crippen MR) is 76.1 cm³/mol. The van der Waals surface area contributed by atoms with Crippen molar-refractivity contribution in [1.29, 1.82) is 0 Å². The Labute approximate surface area is 118 Å². The van der Waals surface area contributed by atoms with Gasteiger partial charge in [-0.05, 0) is 26.0 Å². The lowest BCUT2D eigenvalue weighted by Gasteiger charge is -2.13. The van der Waals surface area contributed by atoms with Gasteiger partial charge in [0.15, 0.2) is 9.84 Å². The van der Waals surface area contributed by atoms with Crippen LogP contribution in [0.15, 0.2) is 0 Å². The van der Waals surface area contributed by atoms with Crippen LogP contribution >= 0.6 is 11.8 Å². The average Bonchev–Trinajstić information content (AvgIpc) is 2.25. The van der Waals surface area contributed by atoms with Crippen molar-refractivity contribution in [1.82, 2.24) is 5.32 Å². The zero-order valence-electron chi connectivity index (χ0n) is 11.4. The molecule has 0 aromatic carbocycles. The van der Waals surface area contributed by atoms with E-state index < -0.39 is 21.8 Å². The summed E-state index contributed by atoms with van der Waals surface area (Å²) in [6, 6.07) is -0.910. The number of carbonyl (C=O) groups excluding carboxylic acids is 1. The second-order valence-corrected chi connectivity index (χ2v) is 8.31. The summed E-state index contributed by atoms with van der Waals surface area (Å²) in [5, 5.41) is 10.8. The lowest BCUT2D eigenvalue weighted by Crippen LogP contribution is -2.39. The lowest BCUT2D eigenvalue weighted by atomic mass is 10.2. The molecule has 0 fully saturated rings. The summed E-state index contributed by atoms with van der Waals surface area (Å²) in [5.41, 5.74) is 0. The quantitative estimate of drug-likeness (QED) is 0.602. The van der Waals surface area contributed by atoms with E-state index in [0.29, 0.717) is 11.5 Å². The maximum Gasteiger partial charge on any atom is 0.326 e. The van der Waals surface area contributed by atoms with Crippen LogP contribution in [0.5, 0.6) is 0 Å². The zero-order valence-corrected chi connectivity index (χ0v) is 13.0. The van der Waals surface area contributed by atoms with Crippen LogP contribution < -0.4 is 5.32 Å². The summed E-state index contributed by atoms with van der Waals surface area (Å²) in [6.07, 6.45) is 0.279. The normalized spacial score (nSPS) is 13.3. The number of amides is 1. The summed E-state index contributed by atoms with van der Waals surface area (Å²) in [6.45, 7) is 4.53. The molecule has 0 aromatic heterocycles. The highest BCUT2D eigenvalue weighted by atomic mass is 32.2. The fourth-order valence-electron chi connectivity index (χ4n) is 1.22. The van der Waals surface area contributed by atoms with Crippen molar-refractivity contribution in [2.45, 2.75) is 38.5 Å². The van der Waals surface area contributed by atoms with E-state index in [0.717, 1.165) is 0 Å². The van der Waals surface area contributed by atoms with Gasteiger partial charge in [-0.15, -0.1) is 0 Å². The number of hydrogen-bond acceptors (Lipinski definition) is 5. The third-order valence-corrected chi connectivity index (χ3v) is 5.94. The molecule has 19 heavy (non-hydrogen) atoms. The molecule has 0 spiro atoms. The monoisotopic (exact) mass is 311 g/mol. The molecule has 0 aliphatic carbocycles. The Hall–Kier alpha value is -0.760. The van der Waals surface area contributed by atoms with Gasteiger partial charge in [0.1, 0.15) is 6.04 Å². The molecule has 8 heteroatoms. The minimum absolute atomic E-state index is 0.0905. The van der Waals surface area contributed by atoms with Crippen LogP contribution in [-0.2, 0) is 19.4 Å². The number of rotatable bonds is 9. The van der Waals surface area contributed by atoms with Crippen molar-refractivity contribution < 1.29 is 23.1 Å². The van der Waals surface area contributed by atoms with E-state index in [1.165, 1.54) is 18.7 Å². The van der Waals surface area contributed by atoms with Crippen molar-refractivity contribution in [3.8, 4) is 0 Å². The predicted octanol–water partition coefficient (Wildman–Crippen LogP) is 0.522. The molecule has 1 atom stereocenters. The molecule has 0 saturated heterocycles. The highest BCUT2D eigenvalue weighted by molar-refractivity contribution is 8.00. The summed E-state index contributed by atoms with van der Waals surface area (Å²) in [7, 11) is -3.04. The molecular formula is C11H21NO5S2. The molecule has 6 nitrogen and oxygen atoms in total. The van der Waals surface area contributed by atoms with Crippen LogP contribution in [0.1, 0.15) is 27.2 Å². The number of carboxylic acids is 1. The highest BCUT2D eigenvalue weighted by Gasteiger charge is 2.18. The van der Waals surface area contributed by atoms with Crippen LogP contribution in [0.2, 0.25) is 0 Å². The van der Waals surface area contributed by atoms with Crippen LogP contribution in [-0.4, -0.2) is 54.0 Å². The Balaban J connectivity index is 3.96. The van der Waals surface area contributed by atoms with Gasteiger partial charge in [0.2, 0.25) is 5.91 Å². The molecule has 0 saturated carbocycles. The van der Waals surface area contributed by atoms with E-state index in [1.54, 1.807) is 13.8 Å². The Morgan fingerprint density at radius 2 is 1.84 bits per heavy atom. The number of thioether (sulfide) groups is 1. The van der Waals surface area contributed by atoms with Gasteiger partial charge in [0.05, 0.1) is 11.0 Å². The van der Waals surface area contributed by atoms with E-state index in [4.69, 9.17) is 5.11 Å². The number of nitrogens with one attached hydrogen (secondary N) is 1. The maximum atomic E-state index is 11.5. The molecule has 0 rings (SSSR count). The number of sulfone groups is 1. The van der Waals surface area contributed by atoms with Crippen LogP contribution in [0.4, 0.5) is 0 Å². The third kappa shape index (κ3) is 8.10. The molecule has 0 bridgehead atoms. The summed E-state index contributed by atoms with van der Waals surface area (Å²) >= 11 is 1.38. The largest absolute Gasteiger partial charge is 0.480 e. The Morgan fingerprint density at radius 3 is 2.26 bits per heavy atom. The molecule has 0 aliphatic rings. The second kappa shape index (κ2) is 8.42. The van der Waals surface area contributed by atoms with Crippen molar-refractivity contribution in [3.63, 3.8) is 0 Å². The maximum absolute atomic E-state index is 11.5. The van der Waals surface area contributed by atoms with Crippen molar-refractivity contribution >= 4 is 33.5 Å². The summed E-state index contributed by atoms with van der Waals surface area (Å²) in [4.78, 5) is 21.6. The Morgan fingerprint density at radius 1 is 1.26 bits per heavy atom. The third-order valence-electron chi connectivity index (χ3n) is 2.46. The highest BCUT2D eigenvalue weighted by Crippen LogP contribution is 2.09. The lowest BCUT2D eigenvalue weighted by molar-refractivity contribution is -0.141. The average molecular weight is 311 g/mol. The molecule has 1 unspecified atom stereocenters. The van der Waals surface area contributed by atoms with E-state index >= 15 is 0 Å². The molecule has 2 N–H and O–H groups in total. The first-order valence-electron chi connectivity index (χ1n) is 5.96. The molecule has 0 radical (unpaired) electrons. The zero-order chi connectivity index (χ0) is 15.1. The number of aliphatic carboxylic acids is 1. The minimum Gasteiger partial charge on any atom is -0.480 e. The van der Waals surface area contributed by atoms with Crippen molar-refractivity contribution in [2.24, 2.45) is 0 Å². The Kier molecular flexibility index (Phi) is 8.08. The molecule has 1 amide bonds. The first-order chi connectivity index (χ1) is 8.66. The van der Waals surface area contributed by atoms with E-state index in [-0.39, 0.29) is 23.3 Å². The van der Waals surface area contributed by atoms with Crippen LogP contribution in [0.25, 0.3) is 0 Å². The summed E-state index contributed by atoms with van der Waals surface area (Å²) < 4.78 is 23.0. The molecule has 0 aliphatic heterocycles. The van der Waals surface area contributed by atoms with Gasteiger partial charge in [-0.2, -0.15) is 11.8 Å². The van der Waals surface area contributed by atoms with Crippen LogP contribution in [0.3, 0.4) is 0 Å². The van der Waals surface area contributed by atoms with Crippen molar-refractivity contribution in [2.75, 3.05) is 17.3 Å². The number of carboxylic acid groups (broad SMARTS) is 1. The van der Waals surface area contributed by atoms with Gasteiger partial charge in [-0.1, -0.05) is 0 Å². The summed E-state index contributed by atoms with van der Waals surface area (Å²) in [5.74, 6) is -0.448. The van der Waals surface area contributed by atoms with E-state index in [1.807, 2.05) is 0 Å². The fraction of sp³-hybridized carbons (Fsp3) is 0.818. The van der Waals surface area contributed by atoms with Gasteiger partial charge in [-0.25, -0.2) is 13.2 Å². The molecule has 0 heterocycles. The van der Waals surface area contributed by atoms with Crippen molar-refractivity contribution in [3.05, 3.63) is 0 Å². The minimum atomic E-state index is -3.04. The molecule has 112 valence electrons. The second-order valence-electron chi connectivity index (χ2n) is 4.41. The fourth-order valence-corrected chi connectivity index (χ4v) is 3.70. The van der Waals surface area contributed by atoms with Crippen LogP contribution in [0, 0.1) is 0 Å².